The average Bonchev–Trinajstić information content (AvgIpc) is 3.70. The average molecular weight is 707 g/mol. The molecule has 4 heteroatoms. The smallest absolute Gasteiger partial charge is 0.164 e. The summed E-state index contributed by atoms with van der Waals surface area (Å²) in [6.45, 7) is 0. The molecular weight excluding hydrogens is 671 g/mol. The molecule has 0 radical (unpaired) electrons. The third kappa shape index (κ3) is 5.19. The normalized spacial score (nSPS) is 12.9. The first kappa shape index (κ1) is 26.4. The number of aromatic nitrogens is 3. The van der Waals surface area contributed by atoms with Crippen LogP contribution in [-0.4, -0.2) is 15.0 Å². The SMILES string of the molecule is [2H]c1c([2H])c([2H])c(-c2ccc(-c3nc(-c4ccccc4)nc(-c4cccc5oc6cccc(-c7ccc8c9ccccc9c9ccccc9c8c7)c6c45)n3)cc2)c([2H])c1[2H]. The Kier molecular flexibility index (Phi) is 6.04. The lowest BCUT2D eigenvalue weighted by Gasteiger charge is -2.13. The molecule has 0 saturated heterocycles. The Labute approximate surface area is 324 Å². The summed E-state index contributed by atoms with van der Waals surface area (Å²) in [5.74, 6) is 1.38. The fraction of sp³-hybridized carbons (Fsp3) is 0. The minimum absolute atomic E-state index is 0.135. The van der Waals surface area contributed by atoms with Crippen molar-refractivity contribution in [1.82, 2.24) is 15.0 Å². The van der Waals surface area contributed by atoms with Gasteiger partial charge in [0.25, 0.3) is 0 Å². The lowest BCUT2D eigenvalue weighted by molar-refractivity contribution is 0.669. The van der Waals surface area contributed by atoms with Gasteiger partial charge >= 0.3 is 0 Å². The highest BCUT2D eigenvalue weighted by Gasteiger charge is 2.21. The van der Waals surface area contributed by atoms with Crippen LogP contribution in [0.4, 0.5) is 0 Å². The summed E-state index contributed by atoms with van der Waals surface area (Å²) >= 11 is 0. The Hall–Kier alpha value is -7.43. The molecule has 0 saturated carbocycles. The van der Waals surface area contributed by atoms with Gasteiger partial charge in [-0.3, -0.25) is 0 Å². The first-order chi connectivity index (χ1) is 29.3. The molecule has 256 valence electrons. The van der Waals surface area contributed by atoms with Crippen molar-refractivity contribution in [1.29, 1.82) is 0 Å². The second-order valence-corrected chi connectivity index (χ2v) is 13.6. The molecule has 0 N–H and O–H groups in total. The summed E-state index contributed by atoms with van der Waals surface area (Å²) in [4.78, 5) is 15.1. The highest BCUT2D eigenvalue weighted by molar-refractivity contribution is 6.26. The summed E-state index contributed by atoms with van der Waals surface area (Å²) < 4.78 is 48.0. The minimum Gasteiger partial charge on any atom is -0.456 e. The molecule has 9 aromatic carbocycles. The van der Waals surface area contributed by atoms with Crippen molar-refractivity contribution in [3.8, 4) is 56.4 Å². The van der Waals surface area contributed by atoms with E-state index in [9.17, 15) is 0 Å². The Morgan fingerprint density at radius 1 is 0.345 bits per heavy atom. The van der Waals surface area contributed by atoms with Crippen LogP contribution in [0.5, 0.6) is 0 Å². The van der Waals surface area contributed by atoms with Crippen LogP contribution in [0.15, 0.2) is 192 Å². The highest BCUT2D eigenvalue weighted by Crippen LogP contribution is 2.43. The maximum atomic E-state index is 8.50. The molecule has 0 unspecified atom stereocenters. The zero-order chi connectivity index (χ0) is 40.6. The zero-order valence-electron chi connectivity index (χ0n) is 34.3. The summed E-state index contributed by atoms with van der Waals surface area (Å²) in [6, 6.07) is 51.2. The second-order valence-electron chi connectivity index (χ2n) is 13.6. The first-order valence-electron chi connectivity index (χ1n) is 20.6. The van der Waals surface area contributed by atoms with Crippen LogP contribution >= 0.6 is 0 Å². The number of rotatable bonds is 5. The van der Waals surface area contributed by atoms with E-state index in [1.54, 1.807) is 12.1 Å². The number of nitrogens with zero attached hydrogens (tertiary/aromatic N) is 3. The second kappa shape index (κ2) is 12.6. The molecular formula is C51H31N3O. The highest BCUT2D eigenvalue weighted by atomic mass is 16.3. The Morgan fingerprint density at radius 2 is 0.836 bits per heavy atom. The van der Waals surface area contributed by atoms with Gasteiger partial charge in [0.2, 0.25) is 0 Å². The fourth-order valence-corrected chi connectivity index (χ4v) is 7.89. The fourth-order valence-electron chi connectivity index (χ4n) is 7.89. The van der Waals surface area contributed by atoms with E-state index in [-0.39, 0.29) is 29.7 Å². The third-order valence-electron chi connectivity index (χ3n) is 10.4. The Morgan fingerprint density at radius 3 is 1.49 bits per heavy atom. The number of fused-ring (bicyclic) bond motifs is 9. The van der Waals surface area contributed by atoms with E-state index in [2.05, 4.69) is 72.8 Å². The van der Waals surface area contributed by atoms with Crippen molar-refractivity contribution < 1.29 is 11.3 Å². The summed E-state index contributed by atoms with van der Waals surface area (Å²) in [6.07, 6.45) is 0. The zero-order valence-corrected chi connectivity index (χ0v) is 29.3. The Bertz CT molecular complexity index is 3490. The van der Waals surface area contributed by atoms with E-state index in [1.165, 1.54) is 32.3 Å². The van der Waals surface area contributed by atoms with Crippen LogP contribution in [0.2, 0.25) is 0 Å². The maximum Gasteiger partial charge on any atom is 0.164 e. The summed E-state index contributed by atoms with van der Waals surface area (Å²) in [5, 5.41) is 9.09. The van der Waals surface area contributed by atoms with Crippen molar-refractivity contribution in [2.45, 2.75) is 0 Å². The van der Waals surface area contributed by atoms with Gasteiger partial charge in [-0.25, -0.2) is 15.0 Å². The molecule has 0 spiro atoms. The van der Waals surface area contributed by atoms with Gasteiger partial charge < -0.3 is 4.42 Å². The molecule has 0 fully saturated rings. The van der Waals surface area contributed by atoms with Gasteiger partial charge in [0, 0.05) is 27.5 Å². The van der Waals surface area contributed by atoms with Gasteiger partial charge in [-0.1, -0.05) is 170 Å². The van der Waals surface area contributed by atoms with Crippen LogP contribution in [0.3, 0.4) is 0 Å². The van der Waals surface area contributed by atoms with E-state index in [0.717, 1.165) is 38.6 Å². The lowest BCUT2D eigenvalue weighted by Crippen LogP contribution is -2.00. The molecule has 11 rings (SSSR count). The molecule has 11 aromatic rings. The van der Waals surface area contributed by atoms with Crippen molar-refractivity contribution in [3.05, 3.63) is 188 Å². The Balaban J connectivity index is 1.11. The monoisotopic (exact) mass is 706 g/mol. The van der Waals surface area contributed by atoms with Crippen molar-refractivity contribution in [3.63, 3.8) is 0 Å². The van der Waals surface area contributed by atoms with Crippen LogP contribution < -0.4 is 0 Å². The molecule has 55 heavy (non-hydrogen) atoms. The maximum absolute atomic E-state index is 8.50. The van der Waals surface area contributed by atoms with Crippen LogP contribution in [0.25, 0.3) is 111 Å². The third-order valence-corrected chi connectivity index (χ3v) is 10.4. The van der Waals surface area contributed by atoms with Crippen LogP contribution in [0, 0.1) is 0 Å². The molecule has 0 amide bonds. The molecule has 4 nitrogen and oxygen atoms in total. The van der Waals surface area contributed by atoms with Crippen molar-refractivity contribution >= 4 is 54.3 Å². The topological polar surface area (TPSA) is 51.8 Å². The van der Waals surface area contributed by atoms with E-state index < -0.39 is 6.04 Å². The standard InChI is InChI=1S/C51H31N3O/c1-3-13-32(14-4-1)33-25-27-35(28-26-33)50-52-49(34-15-5-2-6-16-34)53-51(54-50)43-22-12-24-46-48(43)47-37(21-11-23-45(47)55-46)36-29-30-42-40-19-8-7-17-38(40)39-18-9-10-20-41(39)44(42)31-36/h1-31H/i1D,3D,4D,13D,14D. The molecule has 0 aliphatic heterocycles. The molecule has 0 aliphatic rings. The number of benzene rings is 9. The van der Waals surface area contributed by atoms with Crippen LogP contribution in [-0.2, 0) is 0 Å². The van der Waals surface area contributed by atoms with Gasteiger partial charge in [0.05, 0.1) is 6.85 Å². The van der Waals surface area contributed by atoms with Gasteiger partial charge in [-0.15, -0.1) is 0 Å². The quantitative estimate of drug-likeness (QED) is 0.167. The molecule has 0 atom stereocenters. The van der Waals surface area contributed by atoms with Gasteiger partial charge in [0.1, 0.15) is 11.2 Å². The minimum atomic E-state index is -0.427. The lowest BCUT2D eigenvalue weighted by atomic mass is 9.91. The van der Waals surface area contributed by atoms with Crippen molar-refractivity contribution in [2.24, 2.45) is 0 Å². The van der Waals surface area contributed by atoms with Gasteiger partial charge in [0.15, 0.2) is 17.5 Å². The van der Waals surface area contributed by atoms with Crippen LogP contribution in [0.1, 0.15) is 6.85 Å². The molecule has 0 aliphatic carbocycles. The molecule has 2 heterocycles. The number of hydrogen-bond donors (Lipinski definition) is 0. The molecule has 2 aromatic heterocycles. The number of hydrogen-bond acceptors (Lipinski definition) is 4. The predicted molar refractivity (Wildman–Crippen MR) is 227 cm³/mol. The summed E-state index contributed by atoms with van der Waals surface area (Å²) in [5.41, 5.74) is 6.45. The first-order valence-corrected chi connectivity index (χ1v) is 18.1. The van der Waals surface area contributed by atoms with Crippen molar-refractivity contribution in [2.75, 3.05) is 0 Å². The largest absolute Gasteiger partial charge is 0.456 e. The van der Waals surface area contributed by atoms with E-state index >= 15 is 0 Å². The molecule has 0 bridgehead atoms. The number of furan rings is 1. The van der Waals surface area contributed by atoms with E-state index in [1.807, 2.05) is 72.8 Å². The van der Waals surface area contributed by atoms with E-state index in [4.69, 9.17) is 26.2 Å². The predicted octanol–water partition coefficient (Wildman–Crippen LogP) is 13.6. The van der Waals surface area contributed by atoms with E-state index in [0.29, 0.717) is 34.2 Å². The van der Waals surface area contributed by atoms with Gasteiger partial charge in [-0.2, -0.15) is 0 Å². The van der Waals surface area contributed by atoms with Gasteiger partial charge in [-0.05, 0) is 72.8 Å². The summed E-state index contributed by atoms with van der Waals surface area (Å²) in [7, 11) is 0.